The molecule has 190 valence electrons. The van der Waals surface area contributed by atoms with E-state index in [0.717, 1.165) is 56.5 Å². The van der Waals surface area contributed by atoms with E-state index >= 15 is 0 Å². The molecular formula is C29H30N4O4. The lowest BCUT2D eigenvalue weighted by Crippen LogP contribution is -2.15. The lowest BCUT2D eigenvalue weighted by atomic mass is 9.93. The summed E-state index contributed by atoms with van der Waals surface area (Å²) in [6.45, 7) is 1.49. The Bertz CT molecular complexity index is 1560. The second-order valence-corrected chi connectivity index (χ2v) is 9.00. The number of pyridine rings is 3. The van der Waals surface area contributed by atoms with Crippen LogP contribution in [0.3, 0.4) is 0 Å². The molecule has 0 saturated carbocycles. The van der Waals surface area contributed by atoms with Crippen LogP contribution in [0.2, 0.25) is 0 Å². The number of ether oxygens (including phenoxy) is 4. The summed E-state index contributed by atoms with van der Waals surface area (Å²) < 4.78 is 23.1. The average Bonchev–Trinajstić information content (AvgIpc) is 2.93. The zero-order valence-corrected chi connectivity index (χ0v) is 21.7. The largest absolute Gasteiger partial charge is 0.493 e. The summed E-state index contributed by atoms with van der Waals surface area (Å²) in [7, 11) is 8.94. The fraction of sp³-hybridized carbons (Fsp3) is 0.276. The van der Waals surface area contributed by atoms with Gasteiger partial charge in [-0.25, -0.2) is 4.98 Å². The van der Waals surface area contributed by atoms with Crippen molar-refractivity contribution in [2.24, 2.45) is 0 Å². The molecule has 8 heteroatoms. The van der Waals surface area contributed by atoms with Gasteiger partial charge in [0.1, 0.15) is 0 Å². The highest BCUT2D eigenvalue weighted by Crippen LogP contribution is 2.45. The summed E-state index contributed by atoms with van der Waals surface area (Å²) in [6, 6.07) is 10.1. The monoisotopic (exact) mass is 498 g/mol. The molecule has 0 aliphatic carbocycles. The fourth-order valence-electron chi connectivity index (χ4n) is 4.68. The van der Waals surface area contributed by atoms with E-state index in [1.165, 1.54) is 0 Å². The third-order valence-corrected chi connectivity index (χ3v) is 6.41. The van der Waals surface area contributed by atoms with Gasteiger partial charge in [0, 0.05) is 47.5 Å². The summed E-state index contributed by atoms with van der Waals surface area (Å²) in [5, 5.41) is 4.80. The molecule has 3 heterocycles. The van der Waals surface area contributed by atoms with Crippen molar-refractivity contribution in [2.45, 2.75) is 6.42 Å². The van der Waals surface area contributed by atoms with Gasteiger partial charge in [-0.05, 0) is 67.4 Å². The highest BCUT2D eigenvalue weighted by molar-refractivity contribution is 6.22. The molecule has 37 heavy (non-hydrogen) atoms. The Labute approximate surface area is 215 Å². The lowest BCUT2D eigenvalue weighted by Gasteiger charge is -2.18. The van der Waals surface area contributed by atoms with Crippen LogP contribution < -0.4 is 18.9 Å². The van der Waals surface area contributed by atoms with E-state index in [2.05, 4.69) is 35.0 Å². The summed E-state index contributed by atoms with van der Waals surface area (Å²) >= 11 is 0. The van der Waals surface area contributed by atoms with Gasteiger partial charge in [-0.15, -0.1) is 0 Å². The van der Waals surface area contributed by atoms with Crippen LogP contribution in [0.25, 0.3) is 43.6 Å². The topological polar surface area (TPSA) is 78.8 Å². The number of fused-ring (bicyclic) bond motifs is 5. The number of hydrogen-bond donors (Lipinski definition) is 0. The Kier molecular flexibility index (Phi) is 6.92. The summed E-state index contributed by atoms with van der Waals surface area (Å²) in [4.78, 5) is 16.0. The molecule has 0 saturated heterocycles. The number of rotatable bonds is 9. The third kappa shape index (κ3) is 4.56. The standard InChI is InChI=1S/C29H30N4O4/c1-33(2)11-6-12-37-29-23-17-31-10-8-20(23)26-21(13-18-7-9-30-16-22(18)27(26)32-29)19-14-24(34-3)28(36-5)25(15-19)35-4/h7-10,13-17H,6,11-12H2,1-5H3. The highest BCUT2D eigenvalue weighted by Gasteiger charge is 2.20. The van der Waals surface area contributed by atoms with Crippen molar-refractivity contribution < 1.29 is 18.9 Å². The first kappa shape index (κ1) is 24.5. The Hall–Kier alpha value is -4.17. The molecule has 0 amide bonds. The van der Waals surface area contributed by atoms with Crippen LogP contribution in [0.1, 0.15) is 6.42 Å². The fourth-order valence-corrected chi connectivity index (χ4v) is 4.68. The Morgan fingerprint density at radius 3 is 2.19 bits per heavy atom. The van der Waals surface area contributed by atoms with Crippen LogP contribution in [-0.2, 0) is 0 Å². The van der Waals surface area contributed by atoms with Crippen LogP contribution in [-0.4, -0.2) is 68.4 Å². The summed E-state index contributed by atoms with van der Waals surface area (Å²) in [6.07, 6.45) is 8.14. The average molecular weight is 499 g/mol. The van der Waals surface area contributed by atoms with Gasteiger partial charge in [-0.2, -0.15) is 0 Å². The minimum absolute atomic E-state index is 0.545. The van der Waals surface area contributed by atoms with Gasteiger partial charge in [-0.1, -0.05) is 0 Å². The first-order chi connectivity index (χ1) is 18.0. The summed E-state index contributed by atoms with van der Waals surface area (Å²) in [5.74, 6) is 2.28. The molecule has 0 aliphatic rings. The van der Waals surface area contributed by atoms with Gasteiger partial charge in [0.05, 0.1) is 38.8 Å². The molecular weight excluding hydrogens is 468 g/mol. The van der Waals surface area contributed by atoms with Crippen molar-refractivity contribution in [1.82, 2.24) is 19.9 Å². The molecule has 0 N–H and O–H groups in total. The van der Waals surface area contributed by atoms with Gasteiger partial charge >= 0.3 is 0 Å². The van der Waals surface area contributed by atoms with Crippen LogP contribution in [0.15, 0.2) is 55.1 Å². The minimum atomic E-state index is 0.545. The second-order valence-electron chi connectivity index (χ2n) is 9.00. The number of methoxy groups -OCH3 is 3. The first-order valence-electron chi connectivity index (χ1n) is 12.1. The van der Waals surface area contributed by atoms with E-state index in [1.54, 1.807) is 33.7 Å². The molecule has 2 aromatic carbocycles. The molecule has 0 aliphatic heterocycles. The Morgan fingerprint density at radius 2 is 1.51 bits per heavy atom. The second kappa shape index (κ2) is 10.4. The van der Waals surface area contributed by atoms with Gasteiger partial charge < -0.3 is 23.8 Å². The van der Waals surface area contributed by atoms with Gasteiger partial charge in [-0.3, -0.25) is 9.97 Å². The van der Waals surface area contributed by atoms with E-state index < -0.39 is 0 Å². The normalized spacial score (nSPS) is 11.4. The van der Waals surface area contributed by atoms with E-state index in [9.17, 15) is 0 Å². The number of benzene rings is 2. The van der Waals surface area contributed by atoms with Crippen LogP contribution in [0.4, 0.5) is 0 Å². The van der Waals surface area contributed by atoms with Crippen LogP contribution >= 0.6 is 0 Å². The van der Waals surface area contributed by atoms with Crippen LogP contribution in [0.5, 0.6) is 23.1 Å². The molecule has 3 aromatic heterocycles. The molecule has 0 radical (unpaired) electrons. The van der Waals surface area contributed by atoms with E-state index in [-0.39, 0.29) is 0 Å². The molecule has 0 bridgehead atoms. The van der Waals surface area contributed by atoms with Gasteiger partial charge in [0.2, 0.25) is 11.6 Å². The molecule has 0 atom stereocenters. The maximum absolute atomic E-state index is 6.22. The summed E-state index contributed by atoms with van der Waals surface area (Å²) in [5.41, 5.74) is 2.71. The SMILES string of the molecule is COc1cc(-c2cc3ccncc3c3nc(OCCCN(C)C)c4cnccc4c23)cc(OC)c1OC. The number of aromatic nitrogens is 3. The Balaban J connectivity index is 1.81. The molecule has 5 aromatic rings. The van der Waals surface area contributed by atoms with Crippen molar-refractivity contribution in [3.8, 4) is 34.3 Å². The molecule has 8 nitrogen and oxygen atoms in total. The smallest absolute Gasteiger partial charge is 0.223 e. The molecule has 0 unspecified atom stereocenters. The predicted octanol–water partition coefficient (Wildman–Crippen LogP) is 5.35. The molecule has 0 fully saturated rings. The van der Waals surface area contributed by atoms with E-state index in [0.29, 0.717) is 29.7 Å². The zero-order chi connectivity index (χ0) is 25.9. The third-order valence-electron chi connectivity index (χ3n) is 6.41. The zero-order valence-electron chi connectivity index (χ0n) is 21.7. The maximum Gasteiger partial charge on any atom is 0.223 e. The highest BCUT2D eigenvalue weighted by atomic mass is 16.5. The minimum Gasteiger partial charge on any atom is -0.493 e. The van der Waals surface area contributed by atoms with Crippen molar-refractivity contribution in [2.75, 3.05) is 48.6 Å². The molecule has 0 spiro atoms. The lowest BCUT2D eigenvalue weighted by molar-refractivity contribution is 0.277. The quantitative estimate of drug-likeness (QED) is 0.199. The maximum atomic E-state index is 6.22. The first-order valence-corrected chi connectivity index (χ1v) is 12.1. The molecule has 5 rings (SSSR count). The van der Waals surface area contributed by atoms with Crippen molar-refractivity contribution in [1.29, 1.82) is 0 Å². The Morgan fingerprint density at radius 1 is 0.811 bits per heavy atom. The van der Waals surface area contributed by atoms with Crippen LogP contribution in [0, 0.1) is 0 Å². The predicted molar refractivity (Wildman–Crippen MR) is 146 cm³/mol. The van der Waals surface area contributed by atoms with E-state index in [4.69, 9.17) is 23.9 Å². The van der Waals surface area contributed by atoms with Crippen molar-refractivity contribution in [3.63, 3.8) is 0 Å². The van der Waals surface area contributed by atoms with E-state index in [1.807, 2.05) is 36.7 Å². The van der Waals surface area contributed by atoms with Crippen molar-refractivity contribution in [3.05, 3.63) is 55.1 Å². The number of nitrogens with zero attached hydrogens (tertiary/aromatic N) is 4. The van der Waals surface area contributed by atoms with Gasteiger partial charge in [0.15, 0.2) is 11.5 Å². The van der Waals surface area contributed by atoms with Gasteiger partial charge in [0.25, 0.3) is 0 Å². The number of hydrogen-bond acceptors (Lipinski definition) is 8. The van der Waals surface area contributed by atoms with Crippen molar-refractivity contribution >= 4 is 32.4 Å².